The Morgan fingerprint density at radius 3 is 2.33 bits per heavy atom. The van der Waals surface area contributed by atoms with Crippen molar-refractivity contribution in [1.29, 1.82) is 0 Å². The van der Waals surface area contributed by atoms with Crippen LogP contribution in [-0.4, -0.2) is 25.6 Å². The second-order valence-electron chi connectivity index (χ2n) is 5.20. The summed E-state index contributed by atoms with van der Waals surface area (Å²) in [6.07, 6.45) is 0.386. The first kappa shape index (κ1) is 17.6. The molecule has 0 unspecified atom stereocenters. The van der Waals surface area contributed by atoms with E-state index in [9.17, 15) is 23.3 Å². The molecule has 0 heterocycles. The lowest BCUT2D eigenvalue weighted by atomic mass is 10.1. The second kappa shape index (κ2) is 6.79. The van der Waals surface area contributed by atoms with E-state index in [1.807, 2.05) is 0 Å². The number of carbonyl (C=O) groups is 1. The van der Waals surface area contributed by atoms with Crippen molar-refractivity contribution in [2.75, 3.05) is 6.26 Å². The van der Waals surface area contributed by atoms with Gasteiger partial charge in [-0.1, -0.05) is 12.1 Å². The number of carbonyl (C=O) groups excluding carboxylic acids is 1. The third-order valence-corrected chi connectivity index (χ3v) is 4.48. The van der Waals surface area contributed by atoms with E-state index in [1.165, 1.54) is 42.5 Å². The van der Waals surface area contributed by atoms with E-state index in [0.717, 1.165) is 6.26 Å². The summed E-state index contributed by atoms with van der Waals surface area (Å²) in [5.41, 5.74) is 0.595. The van der Waals surface area contributed by atoms with Gasteiger partial charge in [0.15, 0.2) is 9.84 Å². The first-order chi connectivity index (χ1) is 11.2. The molecule has 2 aromatic carbocycles. The van der Waals surface area contributed by atoms with Crippen LogP contribution in [-0.2, 0) is 14.6 Å². The van der Waals surface area contributed by atoms with Crippen LogP contribution in [0.1, 0.15) is 28.9 Å². The highest BCUT2D eigenvalue weighted by molar-refractivity contribution is 7.90. The number of hydrogen-bond acceptors (Lipinski definition) is 6. The highest BCUT2D eigenvalue weighted by Crippen LogP contribution is 2.23. The molecule has 0 N–H and O–H groups in total. The summed E-state index contributed by atoms with van der Waals surface area (Å²) in [7, 11) is -3.34. The summed E-state index contributed by atoms with van der Waals surface area (Å²) < 4.78 is 28.1. The molecular weight excluding hydrogens is 334 g/mol. The predicted molar refractivity (Wildman–Crippen MR) is 86.5 cm³/mol. The summed E-state index contributed by atoms with van der Waals surface area (Å²) in [6.45, 7) is 1.60. The van der Waals surface area contributed by atoms with Gasteiger partial charge >= 0.3 is 5.97 Å². The van der Waals surface area contributed by atoms with Gasteiger partial charge in [0.25, 0.3) is 5.69 Å². The van der Waals surface area contributed by atoms with Crippen molar-refractivity contribution in [3.05, 3.63) is 69.8 Å². The van der Waals surface area contributed by atoms with E-state index < -0.39 is 26.8 Å². The molecule has 0 aliphatic rings. The molecule has 0 fully saturated rings. The highest BCUT2D eigenvalue weighted by Gasteiger charge is 2.17. The Kier molecular flexibility index (Phi) is 4.99. The fraction of sp³-hybridized carbons (Fsp3) is 0.188. The molecule has 0 aliphatic heterocycles. The molecule has 0 saturated heterocycles. The average Bonchev–Trinajstić information content (AvgIpc) is 2.54. The van der Waals surface area contributed by atoms with E-state index in [1.54, 1.807) is 13.0 Å². The third kappa shape index (κ3) is 4.17. The number of ether oxygens (including phenoxy) is 1. The van der Waals surface area contributed by atoms with Gasteiger partial charge in [0, 0.05) is 18.4 Å². The van der Waals surface area contributed by atoms with E-state index in [2.05, 4.69) is 0 Å². The quantitative estimate of drug-likeness (QED) is 0.467. The van der Waals surface area contributed by atoms with Crippen LogP contribution >= 0.6 is 0 Å². The van der Waals surface area contributed by atoms with Crippen molar-refractivity contribution in [3.8, 4) is 0 Å². The summed E-state index contributed by atoms with van der Waals surface area (Å²) in [6, 6.07) is 11.2. The minimum atomic E-state index is -3.34. The van der Waals surface area contributed by atoms with Gasteiger partial charge in [-0.15, -0.1) is 0 Å². The Morgan fingerprint density at radius 2 is 1.79 bits per heavy atom. The van der Waals surface area contributed by atoms with Crippen LogP contribution in [0.2, 0.25) is 0 Å². The third-order valence-electron chi connectivity index (χ3n) is 3.35. The fourth-order valence-electron chi connectivity index (χ4n) is 2.03. The number of benzene rings is 2. The fourth-order valence-corrected chi connectivity index (χ4v) is 2.66. The number of nitro groups is 1. The number of rotatable bonds is 5. The van der Waals surface area contributed by atoms with Gasteiger partial charge in [0.05, 0.1) is 15.4 Å². The molecule has 1 atom stereocenters. The summed E-state index contributed by atoms with van der Waals surface area (Å²) in [4.78, 5) is 22.5. The van der Waals surface area contributed by atoms with Gasteiger partial charge in [-0.25, -0.2) is 13.2 Å². The number of non-ortho nitro benzene ring substituents is 1. The highest BCUT2D eigenvalue weighted by atomic mass is 32.2. The van der Waals surface area contributed by atoms with Gasteiger partial charge in [-0.05, 0) is 36.8 Å². The van der Waals surface area contributed by atoms with E-state index in [4.69, 9.17) is 4.74 Å². The summed E-state index contributed by atoms with van der Waals surface area (Å²) in [5, 5.41) is 10.8. The molecule has 0 aromatic heterocycles. The zero-order valence-electron chi connectivity index (χ0n) is 13.0. The molecule has 7 nitrogen and oxygen atoms in total. The Labute approximate surface area is 139 Å². The van der Waals surface area contributed by atoms with E-state index in [-0.39, 0.29) is 16.1 Å². The van der Waals surface area contributed by atoms with Crippen LogP contribution < -0.4 is 0 Å². The van der Waals surface area contributed by atoms with E-state index in [0.29, 0.717) is 5.56 Å². The first-order valence-corrected chi connectivity index (χ1v) is 8.83. The van der Waals surface area contributed by atoms with Gasteiger partial charge in [0.2, 0.25) is 0 Å². The van der Waals surface area contributed by atoms with E-state index >= 15 is 0 Å². The molecule has 2 aromatic rings. The first-order valence-electron chi connectivity index (χ1n) is 6.94. The Hall–Kier alpha value is -2.74. The van der Waals surface area contributed by atoms with Crippen LogP contribution in [0.5, 0.6) is 0 Å². The standard InChI is InChI=1S/C16H15NO6S/c1-11(13-4-3-5-14(10-13)17(19)20)23-16(18)12-6-8-15(9-7-12)24(2,21)22/h3-11H,1-2H3/t11-/m0/s1. The number of sulfone groups is 1. The molecular formula is C16H15NO6S. The lowest BCUT2D eigenvalue weighted by molar-refractivity contribution is -0.385. The number of esters is 1. The van der Waals surface area contributed by atoms with Crippen molar-refractivity contribution in [3.63, 3.8) is 0 Å². The molecule has 0 bridgehead atoms. The number of nitrogens with zero attached hydrogens (tertiary/aromatic N) is 1. The van der Waals surface area contributed by atoms with Crippen molar-refractivity contribution < 1.29 is 22.9 Å². The molecule has 24 heavy (non-hydrogen) atoms. The second-order valence-corrected chi connectivity index (χ2v) is 7.21. The molecule has 0 radical (unpaired) electrons. The summed E-state index contributed by atoms with van der Waals surface area (Å²) in [5.74, 6) is -0.644. The Morgan fingerprint density at radius 1 is 1.17 bits per heavy atom. The smallest absolute Gasteiger partial charge is 0.338 e. The van der Waals surface area contributed by atoms with Crippen LogP contribution in [0.15, 0.2) is 53.4 Å². The van der Waals surface area contributed by atoms with Crippen molar-refractivity contribution in [2.45, 2.75) is 17.9 Å². The average molecular weight is 349 g/mol. The molecule has 0 spiro atoms. The van der Waals surface area contributed by atoms with Gasteiger partial charge < -0.3 is 4.74 Å². The SMILES string of the molecule is C[C@H](OC(=O)c1ccc(S(C)(=O)=O)cc1)c1cccc([N+](=O)[O-])c1. The molecule has 8 heteroatoms. The molecule has 0 saturated carbocycles. The minimum absolute atomic E-state index is 0.0899. The molecule has 2 rings (SSSR count). The molecule has 0 amide bonds. The monoisotopic (exact) mass is 349 g/mol. The maximum absolute atomic E-state index is 12.1. The topological polar surface area (TPSA) is 104 Å². The predicted octanol–water partition coefficient (Wildman–Crippen LogP) is 2.92. The Balaban J connectivity index is 2.14. The van der Waals surface area contributed by atoms with Crippen LogP contribution in [0.3, 0.4) is 0 Å². The van der Waals surface area contributed by atoms with Gasteiger partial charge in [-0.3, -0.25) is 10.1 Å². The van der Waals surface area contributed by atoms with Crippen molar-refractivity contribution in [2.24, 2.45) is 0 Å². The number of hydrogen-bond donors (Lipinski definition) is 0. The molecule has 126 valence electrons. The largest absolute Gasteiger partial charge is 0.454 e. The zero-order valence-corrected chi connectivity index (χ0v) is 13.8. The lowest BCUT2D eigenvalue weighted by Gasteiger charge is -2.13. The van der Waals surface area contributed by atoms with Crippen LogP contribution in [0.4, 0.5) is 5.69 Å². The zero-order chi connectivity index (χ0) is 17.9. The summed E-state index contributed by atoms with van der Waals surface area (Å²) >= 11 is 0. The Bertz CT molecular complexity index is 874. The van der Waals surface area contributed by atoms with Gasteiger partial charge in [-0.2, -0.15) is 0 Å². The van der Waals surface area contributed by atoms with Crippen molar-refractivity contribution >= 4 is 21.5 Å². The number of nitro benzene ring substituents is 1. The minimum Gasteiger partial charge on any atom is -0.454 e. The lowest BCUT2D eigenvalue weighted by Crippen LogP contribution is -2.10. The van der Waals surface area contributed by atoms with Crippen LogP contribution in [0, 0.1) is 10.1 Å². The van der Waals surface area contributed by atoms with Crippen LogP contribution in [0.25, 0.3) is 0 Å². The maximum atomic E-state index is 12.1. The maximum Gasteiger partial charge on any atom is 0.338 e. The van der Waals surface area contributed by atoms with Gasteiger partial charge in [0.1, 0.15) is 6.10 Å². The van der Waals surface area contributed by atoms with Crippen molar-refractivity contribution in [1.82, 2.24) is 0 Å². The molecule has 0 aliphatic carbocycles. The normalized spacial score (nSPS) is 12.4.